The normalized spacial score (nSPS) is 11.7. The maximum atomic E-state index is 13.0. The third-order valence-corrected chi connectivity index (χ3v) is 3.54. The van der Waals surface area contributed by atoms with Crippen LogP contribution in [0.25, 0.3) is 27.9 Å². The van der Waals surface area contributed by atoms with Crippen LogP contribution in [0.15, 0.2) is 30.7 Å². The molecule has 9 heteroatoms. The number of fused-ring (bicyclic) bond motifs is 2. The van der Waals surface area contributed by atoms with E-state index in [2.05, 4.69) is 30.4 Å². The molecule has 4 aromatic rings. The van der Waals surface area contributed by atoms with Crippen LogP contribution < -0.4 is 5.32 Å². The minimum Gasteiger partial charge on any atom is -0.357 e. The minimum atomic E-state index is -2.64. The number of halogens is 2. The van der Waals surface area contributed by atoms with Crippen molar-refractivity contribution in [3.05, 3.63) is 36.4 Å². The van der Waals surface area contributed by atoms with E-state index in [4.69, 9.17) is 0 Å². The van der Waals surface area contributed by atoms with Crippen LogP contribution in [0.3, 0.4) is 0 Å². The van der Waals surface area contributed by atoms with E-state index >= 15 is 0 Å². The average molecular weight is 315 g/mol. The van der Waals surface area contributed by atoms with Gasteiger partial charge in [0.1, 0.15) is 11.3 Å². The molecule has 0 fully saturated rings. The van der Waals surface area contributed by atoms with Crippen molar-refractivity contribution in [2.45, 2.75) is 6.43 Å². The molecule has 0 atom stereocenters. The first-order chi connectivity index (χ1) is 11.2. The molecular formula is C14H11F2N7. The molecule has 0 unspecified atom stereocenters. The molecular weight excluding hydrogens is 304 g/mol. The monoisotopic (exact) mass is 315 g/mol. The number of nitrogens with zero attached hydrogens (tertiary/aromatic N) is 5. The van der Waals surface area contributed by atoms with Gasteiger partial charge in [0, 0.05) is 30.4 Å². The molecule has 0 aromatic carbocycles. The molecule has 116 valence electrons. The summed E-state index contributed by atoms with van der Waals surface area (Å²) in [6, 6.07) is 3.38. The van der Waals surface area contributed by atoms with Crippen molar-refractivity contribution in [2.24, 2.45) is 0 Å². The van der Waals surface area contributed by atoms with Gasteiger partial charge in [0.2, 0.25) is 5.95 Å². The summed E-state index contributed by atoms with van der Waals surface area (Å²) in [7, 11) is 1.73. The first kappa shape index (κ1) is 13.6. The molecule has 0 radical (unpaired) electrons. The fraction of sp³-hybridized carbons (Fsp3) is 0.143. The second kappa shape index (κ2) is 4.97. The highest BCUT2D eigenvalue weighted by atomic mass is 19.3. The first-order valence-corrected chi connectivity index (χ1v) is 6.82. The van der Waals surface area contributed by atoms with E-state index in [1.54, 1.807) is 31.6 Å². The summed E-state index contributed by atoms with van der Waals surface area (Å²) in [5, 5.41) is 7.89. The highest BCUT2D eigenvalue weighted by molar-refractivity contribution is 5.92. The van der Waals surface area contributed by atoms with E-state index in [9.17, 15) is 8.78 Å². The molecule has 4 heterocycles. The Kier molecular flexibility index (Phi) is 2.93. The lowest BCUT2D eigenvalue weighted by atomic mass is 10.2. The van der Waals surface area contributed by atoms with Gasteiger partial charge in [0.25, 0.3) is 6.43 Å². The second-order valence-electron chi connectivity index (χ2n) is 4.88. The van der Waals surface area contributed by atoms with E-state index in [0.29, 0.717) is 22.9 Å². The van der Waals surface area contributed by atoms with Crippen LogP contribution in [0.5, 0.6) is 0 Å². The highest BCUT2D eigenvalue weighted by Crippen LogP contribution is 2.27. The second-order valence-corrected chi connectivity index (χ2v) is 4.88. The van der Waals surface area contributed by atoms with Crippen LogP contribution in [-0.4, -0.2) is 36.6 Å². The van der Waals surface area contributed by atoms with Crippen LogP contribution in [0.4, 0.5) is 14.7 Å². The van der Waals surface area contributed by atoms with E-state index in [-0.39, 0.29) is 5.69 Å². The molecule has 0 saturated carbocycles. The van der Waals surface area contributed by atoms with Gasteiger partial charge in [0.05, 0.1) is 11.9 Å². The maximum Gasteiger partial charge on any atom is 0.282 e. The van der Waals surface area contributed by atoms with Gasteiger partial charge in [-0.05, 0) is 12.1 Å². The quantitative estimate of drug-likeness (QED) is 0.607. The zero-order valence-electron chi connectivity index (χ0n) is 12.0. The van der Waals surface area contributed by atoms with Crippen molar-refractivity contribution in [2.75, 3.05) is 12.4 Å². The van der Waals surface area contributed by atoms with E-state index < -0.39 is 6.43 Å². The summed E-state index contributed by atoms with van der Waals surface area (Å²) in [5.41, 5.74) is 2.04. The Balaban J connectivity index is 1.90. The van der Waals surface area contributed by atoms with Gasteiger partial charge < -0.3 is 10.3 Å². The number of alkyl halides is 2. The van der Waals surface area contributed by atoms with Gasteiger partial charge in [0.15, 0.2) is 5.65 Å². The van der Waals surface area contributed by atoms with E-state index in [0.717, 1.165) is 21.7 Å². The number of rotatable bonds is 3. The van der Waals surface area contributed by atoms with Gasteiger partial charge >= 0.3 is 0 Å². The van der Waals surface area contributed by atoms with Gasteiger partial charge in [-0.2, -0.15) is 10.1 Å². The standard InChI is InChI=1S/C14H11F2N7/c1-17-14-20-5-8-7(4-19-13(8)21-14)9-2-3-11-18-6-10(12(15)16)23(11)22-9/h2-6,12H,1H3,(H2,17,19,20,21). The van der Waals surface area contributed by atoms with Gasteiger partial charge in [-0.15, -0.1) is 0 Å². The summed E-state index contributed by atoms with van der Waals surface area (Å²) < 4.78 is 27.2. The third-order valence-electron chi connectivity index (χ3n) is 3.54. The maximum absolute atomic E-state index is 13.0. The Morgan fingerprint density at radius 2 is 2.09 bits per heavy atom. The number of imidazole rings is 1. The average Bonchev–Trinajstić information content (AvgIpc) is 3.17. The Hall–Kier alpha value is -3.10. The lowest BCUT2D eigenvalue weighted by Gasteiger charge is -2.03. The number of nitrogens with one attached hydrogen (secondary N) is 2. The van der Waals surface area contributed by atoms with Crippen LogP contribution in [0.1, 0.15) is 12.1 Å². The molecule has 0 aliphatic rings. The zero-order valence-corrected chi connectivity index (χ0v) is 12.0. The molecule has 0 bridgehead atoms. The third kappa shape index (κ3) is 2.08. The number of H-pyrrole nitrogens is 1. The first-order valence-electron chi connectivity index (χ1n) is 6.82. The fourth-order valence-electron chi connectivity index (χ4n) is 2.42. The van der Waals surface area contributed by atoms with Crippen LogP contribution in [0, 0.1) is 0 Å². The molecule has 0 aliphatic carbocycles. The Labute approximate surface area is 128 Å². The van der Waals surface area contributed by atoms with Crippen molar-refractivity contribution in [1.82, 2.24) is 29.5 Å². The summed E-state index contributed by atoms with van der Waals surface area (Å²) in [5.74, 6) is 0.490. The van der Waals surface area contributed by atoms with E-state index in [1.165, 1.54) is 0 Å². The van der Waals surface area contributed by atoms with Crippen molar-refractivity contribution in [1.29, 1.82) is 0 Å². The van der Waals surface area contributed by atoms with Crippen LogP contribution in [-0.2, 0) is 0 Å². The van der Waals surface area contributed by atoms with Crippen LogP contribution in [0.2, 0.25) is 0 Å². The van der Waals surface area contributed by atoms with E-state index in [1.807, 2.05) is 0 Å². The largest absolute Gasteiger partial charge is 0.357 e. The molecule has 0 saturated heterocycles. The highest BCUT2D eigenvalue weighted by Gasteiger charge is 2.16. The van der Waals surface area contributed by atoms with Crippen molar-refractivity contribution in [3.8, 4) is 11.3 Å². The van der Waals surface area contributed by atoms with Crippen molar-refractivity contribution >= 4 is 22.6 Å². The molecule has 23 heavy (non-hydrogen) atoms. The number of aromatic amines is 1. The van der Waals surface area contributed by atoms with Gasteiger partial charge in [-0.25, -0.2) is 23.3 Å². The predicted octanol–water partition coefficient (Wildman–Crippen LogP) is 2.65. The topological polar surface area (TPSA) is 83.8 Å². The number of anilines is 1. The molecule has 0 spiro atoms. The van der Waals surface area contributed by atoms with Crippen LogP contribution >= 0.6 is 0 Å². The lowest BCUT2D eigenvalue weighted by Crippen LogP contribution is -1.99. The number of hydrogen-bond donors (Lipinski definition) is 2. The lowest BCUT2D eigenvalue weighted by molar-refractivity contribution is 0.143. The molecule has 0 amide bonds. The zero-order chi connectivity index (χ0) is 16.0. The molecule has 2 N–H and O–H groups in total. The summed E-state index contributed by atoms with van der Waals surface area (Å²) in [6.45, 7) is 0. The molecule has 0 aliphatic heterocycles. The molecule has 7 nitrogen and oxygen atoms in total. The summed E-state index contributed by atoms with van der Waals surface area (Å²) in [4.78, 5) is 15.4. The number of hydrogen-bond acceptors (Lipinski definition) is 5. The summed E-state index contributed by atoms with van der Waals surface area (Å²) >= 11 is 0. The van der Waals surface area contributed by atoms with Crippen molar-refractivity contribution in [3.63, 3.8) is 0 Å². The van der Waals surface area contributed by atoms with Crippen molar-refractivity contribution < 1.29 is 8.78 Å². The molecule has 4 rings (SSSR count). The SMILES string of the molecule is CNc1ncc2c(-c3ccc4ncc(C(F)F)n4n3)c[nH]c2n1. The Bertz CT molecular complexity index is 1000. The summed E-state index contributed by atoms with van der Waals surface area (Å²) in [6.07, 6.45) is 1.88. The van der Waals surface area contributed by atoms with Gasteiger partial charge in [-0.3, -0.25) is 0 Å². The fourth-order valence-corrected chi connectivity index (χ4v) is 2.42. The minimum absolute atomic E-state index is 0.240. The molecule has 4 aromatic heterocycles. The predicted molar refractivity (Wildman–Crippen MR) is 80.4 cm³/mol. The smallest absolute Gasteiger partial charge is 0.282 e. The number of aromatic nitrogens is 6. The van der Waals surface area contributed by atoms with Gasteiger partial charge in [-0.1, -0.05) is 0 Å². The Morgan fingerprint density at radius 1 is 1.22 bits per heavy atom. The Morgan fingerprint density at radius 3 is 2.87 bits per heavy atom.